The Hall–Kier alpha value is -5.77. The summed E-state index contributed by atoms with van der Waals surface area (Å²) in [5, 5.41) is 4.52. The van der Waals surface area contributed by atoms with Crippen molar-refractivity contribution in [2.75, 3.05) is 0 Å². The molecule has 0 aliphatic heterocycles. The van der Waals surface area contributed by atoms with E-state index < -0.39 is 15.3 Å². The van der Waals surface area contributed by atoms with Crippen molar-refractivity contribution in [1.29, 1.82) is 0 Å². The Morgan fingerprint density at radius 3 is 1.58 bits per heavy atom. The van der Waals surface area contributed by atoms with E-state index in [1.165, 1.54) is 38.8 Å². The SMILES string of the molecule is O=S(=O)(c1ccccc1)c1cccc(-c2c3ccccc3c3c4c(cccc24)C(c2ccccc2)(c2ccccc2)c2ccccc2-3)c1. The number of hydrogen-bond donors (Lipinski definition) is 0. The second-order valence-corrected chi connectivity index (χ2v) is 14.3. The van der Waals surface area contributed by atoms with Crippen LogP contribution in [0.1, 0.15) is 22.3 Å². The standard InChI is InChI=1S/C45H30O2S/c46-48(47,34-21-8-3-9-22-34)35-23-14-16-31(30-35)42-36-24-10-11-25-37(36)43-38-26-12-13-28-40(38)45(32-17-4-1-5-18-32,33-19-6-2-7-20-33)41-29-15-27-39(42)44(41)43/h1-30H. The van der Waals surface area contributed by atoms with E-state index in [0.717, 1.165) is 27.3 Å². The summed E-state index contributed by atoms with van der Waals surface area (Å²) >= 11 is 0. The summed E-state index contributed by atoms with van der Waals surface area (Å²) in [5.41, 5.74) is 8.61. The quantitative estimate of drug-likeness (QED) is 0.177. The van der Waals surface area contributed by atoms with E-state index in [1.807, 2.05) is 24.3 Å². The summed E-state index contributed by atoms with van der Waals surface area (Å²) in [6, 6.07) is 61.8. The molecular weight excluding hydrogens is 605 g/mol. The third kappa shape index (κ3) is 4.01. The van der Waals surface area contributed by atoms with Gasteiger partial charge in [-0.05, 0) is 90.3 Å². The molecule has 0 N–H and O–H groups in total. The van der Waals surface area contributed by atoms with Crippen molar-refractivity contribution >= 4 is 31.4 Å². The maximum absolute atomic E-state index is 13.8. The molecule has 3 heteroatoms. The summed E-state index contributed by atoms with van der Waals surface area (Å²) in [7, 11) is -3.72. The number of benzene rings is 8. The molecule has 1 aliphatic carbocycles. The van der Waals surface area contributed by atoms with Gasteiger partial charge in [0, 0.05) is 0 Å². The highest BCUT2D eigenvalue weighted by Gasteiger charge is 2.44. The summed E-state index contributed by atoms with van der Waals surface area (Å²) in [4.78, 5) is 0.569. The fraction of sp³-hybridized carbons (Fsp3) is 0.0222. The fourth-order valence-corrected chi connectivity index (χ4v) is 9.35. The van der Waals surface area contributed by atoms with E-state index >= 15 is 0 Å². The predicted octanol–water partition coefficient (Wildman–Crippen LogP) is 10.9. The highest BCUT2D eigenvalue weighted by Crippen LogP contribution is 2.58. The maximum Gasteiger partial charge on any atom is 0.206 e. The molecule has 0 unspecified atom stereocenters. The predicted molar refractivity (Wildman–Crippen MR) is 196 cm³/mol. The summed E-state index contributed by atoms with van der Waals surface area (Å²) in [6.07, 6.45) is 0. The molecule has 0 amide bonds. The third-order valence-corrected chi connectivity index (χ3v) is 11.7. The van der Waals surface area contributed by atoms with Gasteiger partial charge in [-0.1, -0.05) is 158 Å². The Morgan fingerprint density at radius 1 is 0.396 bits per heavy atom. The molecule has 0 spiro atoms. The molecule has 8 aromatic carbocycles. The summed E-state index contributed by atoms with van der Waals surface area (Å²) in [5.74, 6) is 0. The minimum Gasteiger partial charge on any atom is -0.219 e. The van der Waals surface area contributed by atoms with Gasteiger partial charge in [0.1, 0.15) is 0 Å². The van der Waals surface area contributed by atoms with Crippen LogP contribution in [0.25, 0.3) is 43.8 Å². The molecular formula is C45H30O2S. The van der Waals surface area contributed by atoms with Crippen LogP contribution in [0.5, 0.6) is 0 Å². The van der Waals surface area contributed by atoms with E-state index in [0.29, 0.717) is 0 Å². The lowest BCUT2D eigenvalue weighted by atomic mass is 9.59. The van der Waals surface area contributed by atoms with E-state index in [2.05, 4.69) is 127 Å². The van der Waals surface area contributed by atoms with Gasteiger partial charge in [-0.2, -0.15) is 0 Å². The van der Waals surface area contributed by atoms with Crippen molar-refractivity contribution in [2.45, 2.75) is 15.2 Å². The van der Waals surface area contributed by atoms with Crippen molar-refractivity contribution < 1.29 is 8.42 Å². The van der Waals surface area contributed by atoms with Crippen LogP contribution in [0, 0.1) is 0 Å². The molecule has 1 aliphatic rings. The average Bonchev–Trinajstić information content (AvgIpc) is 3.16. The number of rotatable bonds is 5. The topological polar surface area (TPSA) is 34.1 Å². The highest BCUT2D eigenvalue weighted by atomic mass is 32.2. The average molecular weight is 635 g/mol. The zero-order valence-corrected chi connectivity index (χ0v) is 26.9. The lowest BCUT2D eigenvalue weighted by Crippen LogP contribution is -2.34. The van der Waals surface area contributed by atoms with Gasteiger partial charge in [-0.3, -0.25) is 0 Å². The molecule has 0 saturated heterocycles. The normalized spacial score (nSPS) is 13.3. The molecule has 2 nitrogen and oxygen atoms in total. The summed E-state index contributed by atoms with van der Waals surface area (Å²) in [6.45, 7) is 0. The van der Waals surface area contributed by atoms with Gasteiger partial charge < -0.3 is 0 Å². The lowest BCUT2D eigenvalue weighted by Gasteiger charge is -2.42. The van der Waals surface area contributed by atoms with E-state index in [4.69, 9.17) is 0 Å². The molecule has 0 fully saturated rings. The van der Waals surface area contributed by atoms with E-state index in [-0.39, 0.29) is 9.79 Å². The molecule has 0 bridgehead atoms. The summed E-state index contributed by atoms with van der Waals surface area (Å²) < 4.78 is 27.7. The van der Waals surface area contributed by atoms with Crippen LogP contribution in [-0.2, 0) is 15.3 Å². The minimum absolute atomic E-state index is 0.281. The van der Waals surface area contributed by atoms with Crippen LogP contribution in [-0.4, -0.2) is 8.42 Å². The Balaban J connectivity index is 1.45. The maximum atomic E-state index is 13.8. The fourth-order valence-electron chi connectivity index (χ4n) is 8.02. The smallest absolute Gasteiger partial charge is 0.206 e. The molecule has 0 aromatic heterocycles. The van der Waals surface area contributed by atoms with E-state index in [9.17, 15) is 8.42 Å². The largest absolute Gasteiger partial charge is 0.219 e. The first kappa shape index (κ1) is 28.5. The second kappa shape index (κ2) is 10.9. The van der Waals surface area contributed by atoms with Gasteiger partial charge in [0.25, 0.3) is 0 Å². The first-order chi connectivity index (χ1) is 23.6. The molecule has 228 valence electrons. The van der Waals surface area contributed by atoms with Crippen molar-refractivity contribution in [2.24, 2.45) is 0 Å². The van der Waals surface area contributed by atoms with E-state index in [1.54, 1.807) is 30.3 Å². The van der Waals surface area contributed by atoms with Crippen molar-refractivity contribution in [3.63, 3.8) is 0 Å². The number of fused-ring (bicyclic) bond motifs is 4. The van der Waals surface area contributed by atoms with Crippen molar-refractivity contribution in [3.05, 3.63) is 204 Å². The Morgan fingerprint density at radius 2 is 0.896 bits per heavy atom. The number of sulfone groups is 1. The van der Waals surface area contributed by atoms with Gasteiger partial charge in [0.2, 0.25) is 9.84 Å². The Bertz CT molecular complexity index is 2570. The molecule has 0 heterocycles. The molecule has 0 atom stereocenters. The highest BCUT2D eigenvalue weighted by molar-refractivity contribution is 7.91. The first-order valence-corrected chi connectivity index (χ1v) is 17.7. The van der Waals surface area contributed by atoms with Crippen LogP contribution in [0.2, 0.25) is 0 Å². The van der Waals surface area contributed by atoms with Crippen LogP contribution >= 0.6 is 0 Å². The van der Waals surface area contributed by atoms with Crippen LogP contribution in [0.15, 0.2) is 192 Å². The van der Waals surface area contributed by atoms with Crippen LogP contribution < -0.4 is 0 Å². The first-order valence-electron chi connectivity index (χ1n) is 16.2. The zero-order chi connectivity index (χ0) is 32.3. The Kier molecular flexibility index (Phi) is 6.46. The van der Waals surface area contributed by atoms with Crippen molar-refractivity contribution in [1.82, 2.24) is 0 Å². The number of hydrogen-bond acceptors (Lipinski definition) is 2. The zero-order valence-electron chi connectivity index (χ0n) is 26.0. The molecule has 0 radical (unpaired) electrons. The van der Waals surface area contributed by atoms with Gasteiger partial charge in [-0.25, -0.2) is 8.42 Å². The van der Waals surface area contributed by atoms with Crippen LogP contribution in [0.3, 0.4) is 0 Å². The second-order valence-electron chi connectivity index (χ2n) is 12.4. The van der Waals surface area contributed by atoms with Gasteiger partial charge in [0.15, 0.2) is 0 Å². The van der Waals surface area contributed by atoms with Gasteiger partial charge >= 0.3 is 0 Å². The Labute approximate surface area is 280 Å². The molecule has 9 rings (SSSR count). The minimum atomic E-state index is -3.72. The third-order valence-electron chi connectivity index (χ3n) is 9.95. The van der Waals surface area contributed by atoms with Crippen LogP contribution in [0.4, 0.5) is 0 Å². The van der Waals surface area contributed by atoms with Gasteiger partial charge in [-0.15, -0.1) is 0 Å². The van der Waals surface area contributed by atoms with Crippen molar-refractivity contribution in [3.8, 4) is 22.3 Å². The van der Waals surface area contributed by atoms with Gasteiger partial charge in [0.05, 0.1) is 15.2 Å². The lowest BCUT2D eigenvalue weighted by molar-refractivity contribution is 0.596. The molecule has 0 saturated carbocycles. The molecule has 8 aromatic rings. The molecule has 48 heavy (non-hydrogen) atoms. The monoisotopic (exact) mass is 634 g/mol.